The van der Waals surface area contributed by atoms with Crippen molar-refractivity contribution in [1.82, 2.24) is 9.69 Å². The number of halogens is 1. The van der Waals surface area contributed by atoms with Crippen molar-refractivity contribution in [1.29, 1.82) is 0 Å². The van der Waals surface area contributed by atoms with Crippen LogP contribution in [0.15, 0.2) is 11.6 Å². The van der Waals surface area contributed by atoms with Gasteiger partial charge in [-0.2, -0.15) is 0 Å². The van der Waals surface area contributed by atoms with Gasteiger partial charge >= 0.3 is 0 Å². The first-order chi connectivity index (χ1) is 6.71. The summed E-state index contributed by atoms with van der Waals surface area (Å²) in [5.74, 6) is 0.0904. The molecule has 1 aromatic rings. The molecule has 2 unspecified atom stereocenters. The van der Waals surface area contributed by atoms with Crippen LogP contribution in [-0.4, -0.2) is 17.5 Å². The monoisotopic (exact) mass is 214 g/mol. The second-order valence-corrected chi connectivity index (χ2v) is 4.69. The first kappa shape index (κ1) is 10.1. The molecular weight excluding hydrogens is 199 g/mol. The van der Waals surface area contributed by atoms with Crippen molar-refractivity contribution >= 4 is 11.5 Å². The highest BCUT2D eigenvalue weighted by atomic mass is 32.1. The zero-order valence-corrected chi connectivity index (χ0v) is 9.11. The molecule has 0 bridgehead atoms. The lowest BCUT2D eigenvalue weighted by molar-refractivity contribution is 0.0814. The van der Waals surface area contributed by atoms with Crippen molar-refractivity contribution < 1.29 is 4.39 Å². The van der Waals surface area contributed by atoms with Gasteiger partial charge < -0.3 is 5.32 Å². The Morgan fingerprint density at radius 2 is 2.57 bits per heavy atom. The van der Waals surface area contributed by atoms with Crippen molar-refractivity contribution in [2.45, 2.75) is 25.4 Å². The number of piperidine rings is 1. The smallest absolute Gasteiger partial charge is 0.139 e. The van der Waals surface area contributed by atoms with Gasteiger partial charge in [0.1, 0.15) is 5.67 Å². The van der Waals surface area contributed by atoms with Crippen LogP contribution in [0.3, 0.4) is 0 Å². The average Bonchev–Trinajstić information content (AvgIpc) is 2.72. The highest BCUT2D eigenvalue weighted by Crippen LogP contribution is 2.37. The van der Waals surface area contributed by atoms with Crippen molar-refractivity contribution in [2.24, 2.45) is 5.92 Å². The van der Waals surface area contributed by atoms with Gasteiger partial charge in [-0.1, -0.05) is 0 Å². The van der Waals surface area contributed by atoms with Crippen LogP contribution in [0.1, 0.15) is 25.3 Å². The fourth-order valence-electron chi connectivity index (χ4n) is 2.00. The van der Waals surface area contributed by atoms with Crippen LogP contribution in [-0.2, 0) is 5.67 Å². The summed E-state index contributed by atoms with van der Waals surface area (Å²) in [6, 6.07) is 0. The zero-order valence-electron chi connectivity index (χ0n) is 8.29. The van der Waals surface area contributed by atoms with Gasteiger partial charge in [0, 0.05) is 29.6 Å². The molecule has 0 radical (unpaired) electrons. The lowest BCUT2D eigenvalue weighted by Crippen LogP contribution is -2.39. The molecule has 1 aromatic heterocycles. The topological polar surface area (TPSA) is 24.9 Å². The molecule has 1 saturated heterocycles. The number of hydrogen-bond donors (Lipinski definition) is 1. The Morgan fingerprint density at radius 1 is 1.71 bits per heavy atom. The molecule has 2 atom stereocenters. The second kappa shape index (κ2) is 3.95. The summed E-state index contributed by atoms with van der Waals surface area (Å²) in [7, 11) is 0. The van der Waals surface area contributed by atoms with Crippen LogP contribution in [0.2, 0.25) is 0 Å². The van der Waals surface area contributed by atoms with Gasteiger partial charge in [-0.3, -0.25) is 0 Å². The molecule has 2 heterocycles. The predicted molar refractivity (Wildman–Crippen MR) is 56.2 cm³/mol. The van der Waals surface area contributed by atoms with Crippen molar-refractivity contribution in [3.05, 3.63) is 17.1 Å². The molecule has 0 aromatic carbocycles. The van der Waals surface area contributed by atoms with Crippen LogP contribution in [0.25, 0.3) is 0 Å². The van der Waals surface area contributed by atoms with E-state index in [0.717, 1.165) is 31.5 Å². The van der Waals surface area contributed by atoms with Crippen molar-refractivity contribution in [3.63, 3.8) is 0 Å². The minimum atomic E-state index is -1.22. The quantitative estimate of drug-likeness (QED) is 0.817. The average molecular weight is 214 g/mol. The minimum absolute atomic E-state index is 0.0904. The summed E-state index contributed by atoms with van der Waals surface area (Å²) in [6.07, 6.45) is 3.69. The largest absolute Gasteiger partial charge is 0.316 e. The van der Waals surface area contributed by atoms with Gasteiger partial charge in [0.15, 0.2) is 0 Å². The molecule has 78 valence electrons. The van der Waals surface area contributed by atoms with Crippen LogP contribution < -0.4 is 5.32 Å². The molecule has 14 heavy (non-hydrogen) atoms. The van der Waals surface area contributed by atoms with E-state index in [2.05, 4.69) is 9.69 Å². The van der Waals surface area contributed by atoms with Crippen LogP contribution >= 0.6 is 11.5 Å². The number of alkyl halides is 1. The maximum absolute atomic E-state index is 14.5. The van der Waals surface area contributed by atoms with Gasteiger partial charge in [-0.15, -0.1) is 0 Å². The SMILES string of the molecule is CC(F)(c1cnsc1)C1CCCNC1. The van der Waals surface area contributed by atoms with E-state index in [1.54, 1.807) is 13.1 Å². The molecule has 0 aliphatic carbocycles. The number of rotatable bonds is 2. The highest BCUT2D eigenvalue weighted by Gasteiger charge is 2.37. The number of hydrogen-bond acceptors (Lipinski definition) is 3. The summed E-state index contributed by atoms with van der Waals surface area (Å²) >= 11 is 1.32. The lowest BCUT2D eigenvalue weighted by atomic mass is 9.81. The Hall–Kier alpha value is -0.480. The van der Waals surface area contributed by atoms with Gasteiger partial charge in [-0.25, -0.2) is 8.76 Å². The maximum atomic E-state index is 14.5. The molecule has 1 fully saturated rings. The fourth-order valence-corrected chi connectivity index (χ4v) is 2.64. The van der Waals surface area contributed by atoms with E-state index in [9.17, 15) is 4.39 Å². The van der Waals surface area contributed by atoms with Crippen LogP contribution in [0, 0.1) is 5.92 Å². The summed E-state index contributed by atoms with van der Waals surface area (Å²) < 4.78 is 18.4. The van der Waals surface area contributed by atoms with E-state index in [0.29, 0.717) is 0 Å². The van der Waals surface area contributed by atoms with Crippen molar-refractivity contribution in [2.75, 3.05) is 13.1 Å². The van der Waals surface area contributed by atoms with E-state index in [1.807, 2.05) is 5.38 Å². The highest BCUT2D eigenvalue weighted by molar-refractivity contribution is 7.03. The number of nitrogens with zero attached hydrogens (tertiary/aromatic N) is 1. The third kappa shape index (κ3) is 1.81. The molecular formula is C10H15FN2S. The van der Waals surface area contributed by atoms with Crippen LogP contribution in [0.4, 0.5) is 4.39 Å². The summed E-state index contributed by atoms with van der Waals surface area (Å²) in [4.78, 5) is 0. The molecule has 2 nitrogen and oxygen atoms in total. The Labute approximate surface area is 87.7 Å². The third-order valence-electron chi connectivity index (χ3n) is 3.06. The molecule has 4 heteroatoms. The lowest BCUT2D eigenvalue weighted by Gasteiger charge is -2.33. The molecule has 1 N–H and O–H groups in total. The molecule has 1 aliphatic heterocycles. The summed E-state index contributed by atoms with van der Waals surface area (Å²) in [5.41, 5.74) is -0.489. The van der Waals surface area contributed by atoms with E-state index >= 15 is 0 Å². The zero-order chi connectivity index (χ0) is 10.0. The first-order valence-corrected chi connectivity index (χ1v) is 5.84. The fraction of sp³-hybridized carbons (Fsp3) is 0.700. The molecule has 2 rings (SSSR count). The van der Waals surface area contributed by atoms with E-state index in [1.165, 1.54) is 11.5 Å². The predicted octanol–water partition coefficient (Wildman–Crippen LogP) is 2.33. The van der Waals surface area contributed by atoms with Crippen LogP contribution in [0.5, 0.6) is 0 Å². The summed E-state index contributed by atoms with van der Waals surface area (Å²) in [5, 5.41) is 5.06. The summed E-state index contributed by atoms with van der Waals surface area (Å²) in [6.45, 7) is 3.48. The molecule has 1 aliphatic rings. The minimum Gasteiger partial charge on any atom is -0.316 e. The Balaban J connectivity index is 2.14. The van der Waals surface area contributed by atoms with Crippen molar-refractivity contribution in [3.8, 4) is 0 Å². The van der Waals surface area contributed by atoms with Gasteiger partial charge in [-0.05, 0) is 37.8 Å². The Morgan fingerprint density at radius 3 is 3.14 bits per heavy atom. The number of nitrogens with one attached hydrogen (secondary N) is 1. The number of aromatic nitrogens is 1. The Kier molecular flexibility index (Phi) is 2.83. The molecule has 0 saturated carbocycles. The van der Waals surface area contributed by atoms with Gasteiger partial charge in [0.2, 0.25) is 0 Å². The third-order valence-corrected chi connectivity index (χ3v) is 3.65. The molecule has 0 amide bonds. The van der Waals surface area contributed by atoms with Gasteiger partial charge in [0.25, 0.3) is 0 Å². The van der Waals surface area contributed by atoms with Gasteiger partial charge in [0.05, 0.1) is 0 Å². The second-order valence-electron chi connectivity index (χ2n) is 4.03. The van der Waals surface area contributed by atoms with E-state index in [4.69, 9.17) is 0 Å². The van der Waals surface area contributed by atoms with E-state index in [-0.39, 0.29) is 5.92 Å². The van der Waals surface area contributed by atoms with E-state index < -0.39 is 5.67 Å². The first-order valence-electron chi connectivity index (χ1n) is 5.01. The maximum Gasteiger partial charge on any atom is 0.139 e. The molecule has 0 spiro atoms. The Bertz CT molecular complexity index is 278. The standard InChI is InChI=1S/C10H15FN2S/c1-10(11,9-6-13-14-7-9)8-3-2-4-12-5-8/h6-8,12H,2-5H2,1H3. The normalized spacial score (nSPS) is 27.1.